The summed E-state index contributed by atoms with van der Waals surface area (Å²) in [4.78, 5) is 7.08. The molecule has 0 amide bonds. The summed E-state index contributed by atoms with van der Waals surface area (Å²) in [6, 6.07) is 7.12. The maximum atomic E-state index is 13.8. The third-order valence-electron chi connectivity index (χ3n) is 2.81. The summed E-state index contributed by atoms with van der Waals surface area (Å²) in [5.41, 5.74) is 7.43. The van der Waals surface area contributed by atoms with E-state index < -0.39 is 11.6 Å². The molecule has 3 rings (SSSR count). The molecule has 3 N–H and O–H groups in total. The van der Waals surface area contributed by atoms with Crippen LogP contribution >= 0.6 is 11.6 Å². The smallest absolute Gasteiger partial charge is 0.142 e. The van der Waals surface area contributed by atoms with Gasteiger partial charge in [0, 0.05) is 0 Å². The van der Waals surface area contributed by atoms with Crippen molar-refractivity contribution >= 4 is 28.3 Å². The molecule has 3 nitrogen and oxygen atoms in total. The number of nitrogens with two attached hydrogens (primary N) is 1. The van der Waals surface area contributed by atoms with E-state index in [0.717, 1.165) is 12.1 Å². The summed E-state index contributed by atoms with van der Waals surface area (Å²) in [5, 5.41) is -0.267. The number of nitrogen functional groups attached to an aromatic ring is 1. The number of para-hydroxylation sites is 1. The van der Waals surface area contributed by atoms with E-state index in [2.05, 4.69) is 9.97 Å². The van der Waals surface area contributed by atoms with Crippen LogP contribution in [-0.4, -0.2) is 9.97 Å². The van der Waals surface area contributed by atoms with Crippen LogP contribution in [0.2, 0.25) is 5.02 Å². The number of hydrogen-bond acceptors (Lipinski definition) is 2. The van der Waals surface area contributed by atoms with E-state index in [9.17, 15) is 8.78 Å². The molecule has 96 valence electrons. The van der Waals surface area contributed by atoms with Crippen molar-refractivity contribution < 1.29 is 8.78 Å². The molecular weight excluding hydrogens is 272 g/mol. The molecule has 3 aromatic rings. The highest BCUT2D eigenvalue weighted by Crippen LogP contribution is 2.28. The molecule has 1 aromatic heterocycles. The van der Waals surface area contributed by atoms with Crippen LogP contribution in [0.5, 0.6) is 0 Å². The Kier molecular flexibility index (Phi) is 2.64. The molecule has 0 bridgehead atoms. The van der Waals surface area contributed by atoms with Crippen LogP contribution < -0.4 is 5.73 Å². The van der Waals surface area contributed by atoms with Gasteiger partial charge in [-0.3, -0.25) is 0 Å². The molecule has 6 heteroatoms. The molecule has 0 radical (unpaired) electrons. The van der Waals surface area contributed by atoms with Crippen molar-refractivity contribution in [2.24, 2.45) is 0 Å². The molecule has 19 heavy (non-hydrogen) atoms. The molecule has 0 saturated carbocycles. The summed E-state index contributed by atoms with van der Waals surface area (Å²) in [7, 11) is 0. The van der Waals surface area contributed by atoms with Crippen molar-refractivity contribution in [1.29, 1.82) is 0 Å². The van der Waals surface area contributed by atoms with Crippen LogP contribution in [-0.2, 0) is 0 Å². The Hall–Kier alpha value is -2.14. The summed E-state index contributed by atoms with van der Waals surface area (Å²) >= 11 is 5.51. The Bertz CT molecular complexity index is 783. The van der Waals surface area contributed by atoms with E-state index in [0.29, 0.717) is 16.7 Å². The van der Waals surface area contributed by atoms with Gasteiger partial charge in [-0.25, -0.2) is 13.8 Å². The predicted octanol–water partition coefficient (Wildman–Crippen LogP) is 3.74. The Balaban J connectivity index is 2.25. The van der Waals surface area contributed by atoms with Crippen LogP contribution in [0.3, 0.4) is 0 Å². The Labute approximate surface area is 112 Å². The lowest BCUT2D eigenvalue weighted by molar-refractivity contribution is 0.602. The topological polar surface area (TPSA) is 54.7 Å². The second-order valence-electron chi connectivity index (χ2n) is 4.07. The molecule has 0 aliphatic carbocycles. The zero-order valence-corrected chi connectivity index (χ0v) is 10.3. The van der Waals surface area contributed by atoms with Crippen LogP contribution in [0.4, 0.5) is 14.5 Å². The number of fused-ring (bicyclic) bond motifs is 1. The number of imidazole rings is 1. The fourth-order valence-electron chi connectivity index (χ4n) is 1.89. The van der Waals surface area contributed by atoms with Crippen LogP contribution in [0.1, 0.15) is 0 Å². The fraction of sp³-hybridized carbons (Fsp3) is 0. The minimum Gasteiger partial charge on any atom is -0.397 e. The Morgan fingerprint density at radius 3 is 2.68 bits per heavy atom. The van der Waals surface area contributed by atoms with E-state index >= 15 is 0 Å². The number of hydrogen-bond donors (Lipinski definition) is 2. The van der Waals surface area contributed by atoms with Gasteiger partial charge in [-0.05, 0) is 24.3 Å². The van der Waals surface area contributed by atoms with E-state index in [1.165, 1.54) is 0 Å². The van der Waals surface area contributed by atoms with Crippen molar-refractivity contribution in [2.75, 3.05) is 5.73 Å². The number of rotatable bonds is 1. The Morgan fingerprint density at radius 2 is 1.95 bits per heavy atom. The van der Waals surface area contributed by atoms with Crippen molar-refractivity contribution in [1.82, 2.24) is 9.97 Å². The number of anilines is 1. The average molecular weight is 280 g/mol. The van der Waals surface area contributed by atoms with Gasteiger partial charge in [-0.15, -0.1) is 0 Å². The lowest BCUT2D eigenvalue weighted by Crippen LogP contribution is -1.90. The monoisotopic (exact) mass is 279 g/mol. The van der Waals surface area contributed by atoms with Gasteiger partial charge in [0.05, 0.1) is 21.8 Å². The third kappa shape index (κ3) is 1.92. The van der Waals surface area contributed by atoms with Crippen molar-refractivity contribution in [3.8, 4) is 11.4 Å². The number of nitrogens with one attached hydrogen (secondary N) is 1. The SMILES string of the molecule is Nc1cccc2[nH]c(-c3cc(F)c(Cl)cc3F)nc12. The Morgan fingerprint density at radius 1 is 1.16 bits per heavy atom. The quantitative estimate of drug-likeness (QED) is 0.526. The van der Waals surface area contributed by atoms with Gasteiger partial charge >= 0.3 is 0 Å². The number of H-pyrrole nitrogens is 1. The number of benzene rings is 2. The van der Waals surface area contributed by atoms with Gasteiger partial charge in [0.2, 0.25) is 0 Å². The van der Waals surface area contributed by atoms with E-state index in [-0.39, 0.29) is 16.4 Å². The first kappa shape index (κ1) is 11.9. The van der Waals surface area contributed by atoms with Gasteiger partial charge < -0.3 is 10.7 Å². The van der Waals surface area contributed by atoms with Gasteiger partial charge in [0.25, 0.3) is 0 Å². The molecule has 0 fully saturated rings. The zero-order valence-electron chi connectivity index (χ0n) is 9.55. The molecule has 0 spiro atoms. The van der Waals surface area contributed by atoms with Crippen molar-refractivity contribution in [3.63, 3.8) is 0 Å². The molecular formula is C13H8ClF2N3. The second kappa shape index (κ2) is 4.20. The van der Waals surface area contributed by atoms with Crippen LogP contribution in [0, 0.1) is 11.6 Å². The van der Waals surface area contributed by atoms with Crippen LogP contribution in [0.25, 0.3) is 22.4 Å². The first-order valence-corrected chi connectivity index (χ1v) is 5.83. The molecule has 0 aliphatic rings. The summed E-state index contributed by atoms with van der Waals surface area (Å²) in [5.74, 6) is -1.14. The first-order chi connectivity index (χ1) is 9.06. The maximum Gasteiger partial charge on any atom is 0.142 e. The van der Waals surface area contributed by atoms with E-state index in [1.807, 2.05) is 0 Å². The summed E-state index contributed by atoms with van der Waals surface area (Å²) in [6.07, 6.45) is 0. The number of nitrogens with zero attached hydrogens (tertiary/aromatic N) is 1. The predicted molar refractivity (Wildman–Crippen MR) is 70.9 cm³/mol. The molecule has 0 atom stereocenters. The molecule has 2 aromatic carbocycles. The van der Waals surface area contributed by atoms with Gasteiger partial charge in [0.15, 0.2) is 0 Å². The third-order valence-corrected chi connectivity index (χ3v) is 3.10. The highest BCUT2D eigenvalue weighted by molar-refractivity contribution is 6.30. The minimum atomic E-state index is -0.702. The summed E-state index contributed by atoms with van der Waals surface area (Å²) in [6.45, 7) is 0. The highest BCUT2D eigenvalue weighted by atomic mass is 35.5. The second-order valence-corrected chi connectivity index (χ2v) is 4.48. The van der Waals surface area contributed by atoms with E-state index in [4.69, 9.17) is 17.3 Å². The summed E-state index contributed by atoms with van der Waals surface area (Å²) < 4.78 is 27.2. The minimum absolute atomic E-state index is 0.0116. The standard InChI is InChI=1S/C13H8ClF2N3/c14-7-5-8(15)6(4-9(7)16)13-18-11-3-1-2-10(17)12(11)19-13/h1-5H,17H2,(H,18,19). The maximum absolute atomic E-state index is 13.8. The van der Waals surface area contributed by atoms with E-state index in [1.54, 1.807) is 18.2 Å². The fourth-order valence-corrected chi connectivity index (χ4v) is 2.04. The number of halogens is 3. The molecule has 1 heterocycles. The van der Waals surface area contributed by atoms with Gasteiger partial charge in [-0.1, -0.05) is 17.7 Å². The number of aromatic amines is 1. The van der Waals surface area contributed by atoms with Crippen LogP contribution in [0.15, 0.2) is 30.3 Å². The highest BCUT2D eigenvalue weighted by Gasteiger charge is 2.14. The van der Waals surface area contributed by atoms with Gasteiger partial charge in [0.1, 0.15) is 23.0 Å². The molecule has 0 unspecified atom stereocenters. The van der Waals surface area contributed by atoms with Crippen molar-refractivity contribution in [3.05, 3.63) is 47.0 Å². The number of aromatic nitrogens is 2. The van der Waals surface area contributed by atoms with Gasteiger partial charge in [-0.2, -0.15) is 0 Å². The normalized spacial score (nSPS) is 11.1. The average Bonchev–Trinajstić information content (AvgIpc) is 2.79. The molecule has 0 aliphatic heterocycles. The largest absolute Gasteiger partial charge is 0.397 e. The lowest BCUT2D eigenvalue weighted by Gasteiger charge is -2.01. The first-order valence-electron chi connectivity index (χ1n) is 5.45. The zero-order chi connectivity index (χ0) is 13.6. The van der Waals surface area contributed by atoms with Crippen molar-refractivity contribution in [2.45, 2.75) is 0 Å². The lowest BCUT2D eigenvalue weighted by atomic mass is 10.2. The molecule has 0 saturated heterocycles.